The fraction of sp³-hybridized carbons (Fsp3) is 0.341. The first-order valence-electron chi connectivity index (χ1n) is 18.7. The van der Waals surface area contributed by atoms with Crippen molar-refractivity contribution < 1.29 is 52.1 Å². The van der Waals surface area contributed by atoms with E-state index in [9.17, 15) is 24.0 Å². The van der Waals surface area contributed by atoms with E-state index in [2.05, 4.69) is 33.9 Å². The molecule has 0 saturated carbocycles. The number of carbonyl (C=O) groups is 5. The Labute approximate surface area is 338 Å². The van der Waals surface area contributed by atoms with Gasteiger partial charge in [0.15, 0.2) is 26.6 Å². The van der Waals surface area contributed by atoms with Crippen LogP contribution in [0.3, 0.4) is 0 Å². The molecule has 1 unspecified atom stereocenters. The van der Waals surface area contributed by atoms with Crippen molar-refractivity contribution in [2.24, 2.45) is 0 Å². The maximum Gasteiger partial charge on any atom is 0.338 e. The summed E-state index contributed by atoms with van der Waals surface area (Å²) in [7, 11) is -2.30. The van der Waals surface area contributed by atoms with Crippen LogP contribution in [-0.2, 0) is 32.9 Å². The maximum absolute atomic E-state index is 13.9. The zero-order valence-corrected chi connectivity index (χ0v) is 34.4. The Kier molecular flexibility index (Phi) is 15.0. The predicted octanol–water partition coefficient (Wildman–Crippen LogP) is 7.96. The summed E-state index contributed by atoms with van der Waals surface area (Å²) in [5.74, 6) is -3.01. The highest BCUT2D eigenvalue weighted by Crippen LogP contribution is 2.40. The van der Waals surface area contributed by atoms with Crippen molar-refractivity contribution in [2.75, 3.05) is 13.2 Å². The molecule has 13 heteroatoms. The lowest BCUT2D eigenvalue weighted by Gasteiger charge is -2.45. The molecule has 1 fully saturated rings. The Hall–Kier alpha value is -5.08. The van der Waals surface area contributed by atoms with Crippen molar-refractivity contribution in [3.8, 4) is 0 Å². The number of esters is 4. The molecule has 57 heavy (non-hydrogen) atoms. The van der Waals surface area contributed by atoms with E-state index in [4.69, 9.17) is 28.1 Å². The molecule has 4 aromatic carbocycles. The summed E-state index contributed by atoms with van der Waals surface area (Å²) in [6, 6.07) is 32.9. The minimum atomic E-state index is -2.30. The number of ether oxygens (including phenoxy) is 5. The van der Waals surface area contributed by atoms with Gasteiger partial charge < -0.3 is 32.9 Å². The highest BCUT2D eigenvalue weighted by atomic mass is 32.2. The van der Waals surface area contributed by atoms with Crippen LogP contribution in [0.4, 0.5) is 0 Å². The number of hydrogen-bond donors (Lipinski definition) is 0. The number of rotatable bonds is 16. The Morgan fingerprint density at radius 3 is 1.47 bits per heavy atom. The van der Waals surface area contributed by atoms with Crippen LogP contribution in [0.1, 0.15) is 68.6 Å². The lowest BCUT2D eigenvalue weighted by atomic mass is 9.98. The first-order chi connectivity index (χ1) is 27.3. The molecule has 1 saturated heterocycles. The van der Waals surface area contributed by atoms with Crippen molar-refractivity contribution in [2.45, 2.75) is 80.4 Å². The van der Waals surface area contributed by atoms with Gasteiger partial charge in [0.05, 0.1) is 22.3 Å². The predicted molar refractivity (Wildman–Crippen MR) is 218 cm³/mol. The number of hydrogen-bond acceptors (Lipinski definition) is 12. The van der Waals surface area contributed by atoms with E-state index in [1.54, 1.807) is 121 Å². The molecule has 0 spiro atoms. The van der Waals surface area contributed by atoms with Gasteiger partial charge in [0.2, 0.25) is 0 Å². The molecular formula is C44H48O11SSi. The quantitative estimate of drug-likeness (QED) is 0.0469. The van der Waals surface area contributed by atoms with E-state index in [0.29, 0.717) is 0 Å². The minimum Gasteiger partial charge on any atom is -0.459 e. The maximum atomic E-state index is 13.9. The minimum absolute atomic E-state index is 0.0487. The van der Waals surface area contributed by atoms with Crippen LogP contribution in [0.25, 0.3) is 0 Å². The highest BCUT2D eigenvalue weighted by Gasteiger charge is 2.54. The number of carbonyl (C=O) groups excluding carboxylic acids is 5. The molecule has 0 amide bonds. The molecule has 300 valence electrons. The zero-order chi connectivity index (χ0) is 41.0. The molecule has 0 N–H and O–H groups in total. The Morgan fingerprint density at radius 1 is 0.649 bits per heavy atom. The molecule has 0 radical (unpaired) electrons. The summed E-state index contributed by atoms with van der Waals surface area (Å²) in [6.07, 6.45) is -4.80. The standard InChI is InChI=1S/C44H48O11SSi/c1-44(2,3)57(4,5)51-28-34(26-27-45)56-43-38(55-42(49)33-24-16-9-17-25-33)37(54-41(48)32-22-14-8-15-23-32)36(53-40(47)31-20-12-7-13-21-31)35(52-43)29-50-39(46)30-18-10-6-11-19-30/h6-25,27,34-38,43H,26,28-29H2,1-5H3/t34?,35-,36+,37+,38-,43-/m1/s1. The third kappa shape index (κ3) is 11.7. The third-order valence-electron chi connectivity index (χ3n) is 9.86. The van der Waals surface area contributed by atoms with E-state index >= 15 is 0 Å². The summed E-state index contributed by atoms with van der Waals surface area (Å²) in [6.45, 7) is 10.2. The molecule has 1 heterocycles. The fourth-order valence-corrected chi connectivity index (χ4v) is 8.07. The number of aldehydes is 1. The van der Waals surface area contributed by atoms with Crippen molar-refractivity contribution in [1.29, 1.82) is 0 Å². The fourth-order valence-electron chi connectivity index (χ4n) is 5.61. The Morgan fingerprint density at radius 2 is 1.05 bits per heavy atom. The first-order valence-corrected chi connectivity index (χ1v) is 22.5. The zero-order valence-electron chi connectivity index (χ0n) is 32.6. The van der Waals surface area contributed by atoms with Gasteiger partial charge in [-0.3, -0.25) is 0 Å². The van der Waals surface area contributed by atoms with Crippen molar-refractivity contribution in [3.05, 3.63) is 144 Å². The molecule has 0 aliphatic carbocycles. The number of benzene rings is 4. The summed E-state index contributed by atoms with van der Waals surface area (Å²) < 4.78 is 37.5. The van der Waals surface area contributed by atoms with E-state index in [0.717, 1.165) is 18.0 Å². The topological polar surface area (TPSA) is 141 Å². The van der Waals surface area contributed by atoms with E-state index in [-0.39, 0.29) is 40.3 Å². The lowest BCUT2D eigenvalue weighted by Crippen LogP contribution is -2.62. The van der Waals surface area contributed by atoms with Gasteiger partial charge in [-0.2, -0.15) is 0 Å². The van der Waals surface area contributed by atoms with Crippen LogP contribution in [0.2, 0.25) is 18.1 Å². The van der Waals surface area contributed by atoms with E-state index in [1.165, 1.54) is 0 Å². The van der Waals surface area contributed by atoms with Crippen molar-refractivity contribution in [1.82, 2.24) is 0 Å². The van der Waals surface area contributed by atoms with Crippen molar-refractivity contribution >= 4 is 50.2 Å². The summed E-state index contributed by atoms with van der Waals surface area (Å²) in [5.41, 5.74) is -0.298. The second kappa shape index (κ2) is 19.9. The van der Waals surface area contributed by atoms with Gasteiger partial charge in [0, 0.05) is 18.3 Å². The molecule has 1 aliphatic rings. The van der Waals surface area contributed by atoms with Crippen LogP contribution >= 0.6 is 11.8 Å². The molecule has 0 aromatic heterocycles. The largest absolute Gasteiger partial charge is 0.459 e. The molecule has 11 nitrogen and oxygen atoms in total. The van der Waals surface area contributed by atoms with Gasteiger partial charge in [-0.1, -0.05) is 93.6 Å². The molecule has 5 rings (SSSR count). The van der Waals surface area contributed by atoms with E-state index in [1.807, 2.05) is 0 Å². The molecular weight excluding hydrogens is 765 g/mol. The smallest absolute Gasteiger partial charge is 0.338 e. The second-order valence-electron chi connectivity index (χ2n) is 14.9. The Bertz CT molecular complexity index is 1940. The van der Waals surface area contributed by atoms with Gasteiger partial charge in [-0.25, -0.2) is 19.2 Å². The second-order valence-corrected chi connectivity index (χ2v) is 21.2. The summed E-state index contributed by atoms with van der Waals surface area (Å²) in [5, 5.41) is -0.639. The van der Waals surface area contributed by atoms with Crippen LogP contribution in [0, 0.1) is 0 Å². The van der Waals surface area contributed by atoms with Gasteiger partial charge >= 0.3 is 23.9 Å². The summed E-state index contributed by atoms with van der Waals surface area (Å²) >= 11 is 1.16. The van der Waals surface area contributed by atoms with Crippen LogP contribution in [0.15, 0.2) is 121 Å². The molecule has 6 atom stereocenters. The van der Waals surface area contributed by atoms with Crippen LogP contribution in [-0.4, -0.2) is 86.8 Å². The van der Waals surface area contributed by atoms with Crippen LogP contribution < -0.4 is 0 Å². The van der Waals surface area contributed by atoms with Gasteiger partial charge in [0.25, 0.3) is 0 Å². The lowest BCUT2D eigenvalue weighted by molar-refractivity contribution is -0.207. The van der Waals surface area contributed by atoms with Gasteiger partial charge in [-0.15, -0.1) is 11.8 Å². The SMILES string of the molecule is CC(C)(C)[Si](C)(C)OCC(CC=O)S[C@H]1O[C@H](COC(=O)c2ccccc2)[C@H](OC(=O)c2ccccc2)[C@H](OC(=O)c2ccccc2)[C@H]1OC(=O)c1ccccc1. The average Bonchev–Trinajstić information content (AvgIpc) is 3.21. The van der Waals surface area contributed by atoms with Gasteiger partial charge in [0.1, 0.15) is 24.4 Å². The highest BCUT2D eigenvalue weighted by molar-refractivity contribution is 8.00. The third-order valence-corrected chi connectivity index (χ3v) is 15.7. The summed E-state index contributed by atoms with van der Waals surface area (Å²) in [4.78, 5) is 66.9. The monoisotopic (exact) mass is 812 g/mol. The van der Waals surface area contributed by atoms with Gasteiger partial charge in [-0.05, 0) is 66.7 Å². The van der Waals surface area contributed by atoms with Crippen molar-refractivity contribution in [3.63, 3.8) is 0 Å². The molecule has 4 aromatic rings. The molecule has 1 aliphatic heterocycles. The Balaban J connectivity index is 1.59. The van der Waals surface area contributed by atoms with E-state index < -0.39 is 73.9 Å². The molecule has 0 bridgehead atoms. The normalized spacial score (nSPS) is 20.1. The number of thioether (sulfide) groups is 1. The first kappa shape index (κ1) is 43.0. The average molecular weight is 813 g/mol. The van der Waals surface area contributed by atoms with Crippen LogP contribution in [0.5, 0.6) is 0 Å².